The molecule has 5 nitrogen and oxygen atoms in total. The average molecular weight is 271 g/mol. The minimum atomic E-state index is -0.867. The molecule has 1 aromatic rings. The van der Waals surface area contributed by atoms with E-state index in [0.29, 0.717) is 5.92 Å². The molecule has 3 heterocycles. The van der Waals surface area contributed by atoms with Gasteiger partial charge in [-0.05, 0) is 18.9 Å². The van der Waals surface area contributed by atoms with E-state index in [-0.39, 0.29) is 16.9 Å². The molecule has 0 aromatic carbocycles. The van der Waals surface area contributed by atoms with Gasteiger partial charge < -0.3 is 10.2 Å². The van der Waals surface area contributed by atoms with E-state index < -0.39 is 11.9 Å². The minimum Gasteiger partial charge on any atom is -0.345 e. The molecule has 2 unspecified atom stereocenters. The van der Waals surface area contributed by atoms with Crippen LogP contribution in [-0.4, -0.2) is 46.5 Å². The number of fused-ring (bicyclic) bond motifs is 2. The van der Waals surface area contributed by atoms with Crippen molar-refractivity contribution in [3.05, 3.63) is 23.0 Å². The average Bonchev–Trinajstić information content (AvgIpc) is 2.94. The third-order valence-electron chi connectivity index (χ3n) is 3.55. The molecule has 0 radical (unpaired) electrons. The lowest BCUT2D eigenvalue weighted by Gasteiger charge is -2.22. The van der Waals surface area contributed by atoms with E-state index in [1.54, 1.807) is 0 Å². The predicted molar refractivity (Wildman–Crippen MR) is 62.8 cm³/mol. The molecule has 1 N–H and O–H groups in total. The van der Waals surface area contributed by atoms with Crippen molar-refractivity contribution < 1.29 is 9.18 Å². The molecule has 7 heteroatoms. The molecule has 1 amide bonds. The zero-order chi connectivity index (χ0) is 12.7. The summed E-state index contributed by atoms with van der Waals surface area (Å²) in [6, 6.07) is 0.119. The number of rotatable bonds is 2. The maximum absolute atomic E-state index is 13.1. The van der Waals surface area contributed by atoms with Crippen molar-refractivity contribution in [2.45, 2.75) is 12.5 Å². The summed E-state index contributed by atoms with van der Waals surface area (Å²) in [5.74, 6) is -0.987. The Bertz CT molecular complexity index is 498. The number of carbonyl (C=O) groups excluding carboxylic acids is 1. The second kappa shape index (κ2) is 4.44. The van der Waals surface area contributed by atoms with Gasteiger partial charge in [0.2, 0.25) is 11.8 Å². The van der Waals surface area contributed by atoms with Gasteiger partial charge in [-0.1, -0.05) is 11.6 Å². The molecule has 1 aromatic heterocycles. The second-order valence-electron chi connectivity index (χ2n) is 4.72. The summed E-state index contributed by atoms with van der Waals surface area (Å²) < 4.78 is 13.1. The quantitative estimate of drug-likeness (QED) is 0.804. The highest BCUT2D eigenvalue weighted by molar-refractivity contribution is 6.30. The van der Waals surface area contributed by atoms with Gasteiger partial charge in [-0.15, -0.1) is 0 Å². The van der Waals surface area contributed by atoms with Crippen LogP contribution in [0.4, 0.5) is 4.39 Å². The first-order chi connectivity index (χ1) is 8.63. The van der Waals surface area contributed by atoms with Crippen molar-refractivity contribution in [2.75, 3.05) is 19.6 Å². The van der Waals surface area contributed by atoms with Gasteiger partial charge in [0.25, 0.3) is 5.91 Å². The molecule has 96 valence electrons. The zero-order valence-corrected chi connectivity index (χ0v) is 10.3. The topological polar surface area (TPSA) is 58.1 Å². The van der Waals surface area contributed by atoms with E-state index in [1.165, 1.54) is 0 Å². The normalized spacial score (nSPS) is 29.6. The molecule has 2 bridgehead atoms. The van der Waals surface area contributed by atoms with Crippen molar-refractivity contribution >= 4 is 17.5 Å². The molecule has 3 atom stereocenters. The van der Waals surface area contributed by atoms with Crippen molar-refractivity contribution in [3.63, 3.8) is 0 Å². The number of halogens is 2. The Kier molecular flexibility index (Phi) is 2.91. The fourth-order valence-corrected chi connectivity index (χ4v) is 2.73. The summed E-state index contributed by atoms with van der Waals surface area (Å²) >= 11 is 5.47. The lowest BCUT2D eigenvalue weighted by molar-refractivity contribution is 0.0912. The predicted octanol–water partition coefficient (Wildman–Crippen LogP) is 0.703. The first kappa shape index (κ1) is 11.8. The van der Waals surface area contributed by atoms with Crippen LogP contribution in [0.15, 0.2) is 6.20 Å². The monoisotopic (exact) mass is 270 g/mol. The molecule has 3 rings (SSSR count). The molecule has 18 heavy (non-hydrogen) atoms. The van der Waals surface area contributed by atoms with E-state index in [1.807, 2.05) is 0 Å². The van der Waals surface area contributed by atoms with Gasteiger partial charge in [-0.3, -0.25) is 4.79 Å². The Labute approximate surface area is 108 Å². The van der Waals surface area contributed by atoms with Crippen LogP contribution < -0.4 is 5.32 Å². The van der Waals surface area contributed by atoms with Crippen molar-refractivity contribution in [2.24, 2.45) is 5.92 Å². The molecule has 0 spiro atoms. The Morgan fingerprint density at radius 2 is 2.39 bits per heavy atom. The van der Waals surface area contributed by atoms with Gasteiger partial charge in [0, 0.05) is 19.1 Å². The van der Waals surface area contributed by atoms with Crippen molar-refractivity contribution in [1.29, 1.82) is 0 Å². The van der Waals surface area contributed by atoms with Crippen LogP contribution in [-0.2, 0) is 0 Å². The molecule has 2 fully saturated rings. The Hall–Kier alpha value is -1.27. The first-order valence-corrected chi connectivity index (χ1v) is 6.22. The molecule has 0 saturated carbocycles. The Morgan fingerprint density at radius 3 is 3.00 bits per heavy atom. The molecule has 0 aliphatic carbocycles. The van der Waals surface area contributed by atoms with Crippen LogP contribution in [0.3, 0.4) is 0 Å². The van der Waals surface area contributed by atoms with E-state index in [0.717, 1.165) is 32.3 Å². The number of nitrogens with zero attached hydrogens (tertiary/aromatic N) is 3. The maximum Gasteiger partial charge on any atom is 0.289 e. The van der Waals surface area contributed by atoms with Crippen LogP contribution in [0.2, 0.25) is 5.02 Å². The van der Waals surface area contributed by atoms with E-state index >= 15 is 0 Å². The van der Waals surface area contributed by atoms with Crippen LogP contribution in [0.5, 0.6) is 0 Å². The summed E-state index contributed by atoms with van der Waals surface area (Å²) in [5, 5.41) is 2.68. The first-order valence-electron chi connectivity index (χ1n) is 5.85. The van der Waals surface area contributed by atoms with Gasteiger partial charge >= 0.3 is 0 Å². The number of hydrogen-bond acceptors (Lipinski definition) is 4. The summed E-state index contributed by atoms with van der Waals surface area (Å²) in [6.07, 6.45) is 2.20. The van der Waals surface area contributed by atoms with Crippen LogP contribution in [0.1, 0.15) is 17.0 Å². The van der Waals surface area contributed by atoms with E-state index in [2.05, 4.69) is 20.2 Å². The third-order valence-corrected chi connectivity index (χ3v) is 3.81. The highest BCUT2D eigenvalue weighted by Crippen LogP contribution is 2.27. The SMILES string of the molecule is O=C(NC1CN2CC[C@H]1C2)c1ncc(Cl)c(F)n1. The number of nitrogens with one attached hydrogen (secondary N) is 1. The highest BCUT2D eigenvalue weighted by atomic mass is 35.5. The largest absolute Gasteiger partial charge is 0.345 e. The molecule has 2 saturated heterocycles. The van der Waals surface area contributed by atoms with Gasteiger partial charge in [0.05, 0.1) is 6.20 Å². The highest BCUT2D eigenvalue weighted by Gasteiger charge is 2.38. The summed E-state index contributed by atoms with van der Waals surface area (Å²) in [7, 11) is 0. The van der Waals surface area contributed by atoms with E-state index in [9.17, 15) is 9.18 Å². The number of amides is 1. The molecule has 2 aliphatic heterocycles. The number of aromatic nitrogens is 2. The van der Waals surface area contributed by atoms with Gasteiger partial charge in [0.15, 0.2) is 0 Å². The Morgan fingerprint density at radius 1 is 1.56 bits per heavy atom. The third kappa shape index (κ3) is 2.06. The van der Waals surface area contributed by atoms with Crippen molar-refractivity contribution in [3.8, 4) is 0 Å². The van der Waals surface area contributed by atoms with Crippen molar-refractivity contribution in [1.82, 2.24) is 20.2 Å². The maximum atomic E-state index is 13.1. The zero-order valence-electron chi connectivity index (χ0n) is 9.57. The lowest BCUT2D eigenvalue weighted by Crippen LogP contribution is -2.43. The number of carbonyl (C=O) groups is 1. The number of piperidine rings is 1. The van der Waals surface area contributed by atoms with Gasteiger partial charge in [0.1, 0.15) is 5.02 Å². The second-order valence-corrected chi connectivity index (χ2v) is 5.13. The molecule has 2 aliphatic rings. The fraction of sp³-hybridized carbons (Fsp3) is 0.545. The fourth-order valence-electron chi connectivity index (χ4n) is 2.64. The molecular weight excluding hydrogens is 259 g/mol. The lowest BCUT2D eigenvalue weighted by atomic mass is 10.00. The smallest absolute Gasteiger partial charge is 0.289 e. The standard InChI is InChI=1S/C11H12ClFN4O/c12-7-3-14-10(16-9(7)13)11(18)15-8-5-17-2-1-6(8)4-17/h3,6,8H,1-2,4-5H2,(H,15,18)/t6-,8?/m0/s1. The minimum absolute atomic E-state index is 0.119. The van der Waals surface area contributed by atoms with Crippen LogP contribution >= 0.6 is 11.6 Å². The van der Waals surface area contributed by atoms with Crippen LogP contribution in [0, 0.1) is 11.9 Å². The van der Waals surface area contributed by atoms with E-state index in [4.69, 9.17) is 11.6 Å². The summed E-state index contributed by atoms with van der Waals surface area (Å²) in [4.78, 5) is 21.4. The number of hydrogen-bond donors (Lipinski definition) is 1. The summed E-state index contributed by atoms with van der Waals surface area (Å²) in [6.45, 7) is 2.98. The summed E-state index contributed by atoms with van der Waals surface area (Å²) in [5.41, 5.74) is 0. The van der Waals surface area contributed by atoms with Crippen LogP contribution in [0.25, 0.3) is 0 Å². The van der Waals surface area contributed by atoms with Gasteiger partial charge in [-0.2, -0.15) is 9.37 Å². The van der Waals surface area contributed by atoms with Gasteiger partial charge in [-0.25, -0.2) is 4.98 Å². The molecular formula is C11H12ClFN4O. The Balaban J connectivity index is 1.69.